The second-order valence-electron chi connectivity index (χ2n) is 6.58. The minimum absolute atomic E-state index is 0.00648. The molecule has 1 amide bonds. The highest BCUT2D eigenvalue weighted by Crippen LogP contribution is 2.17. The van der Waals surface area contributed by atoms with Gasteiger partial charge in [0.25, 0.3) is 0 Å². The monoisotopic (exact) mass is 332 g/mol. The van der Waals surface area contributed by atoms with Crippen molar-refractivity contribution in [1.82, 2.24) is 9.80 Å². The van der Waals surface area contributed by atoms with Crippen molar-refractivity contribution in [2.45, 2.75) is 38.1 Å². The molecule has 1 aromatic carbocycles. The number of Topliss-reactive ketones (excluding diaryl/α,β-unsaturated/α-hetero) is 1. The predicted molar refractivity (Wildman–Crippen MR) is 94.5 cm³/mol. The standard InChI is InChI=1S/C19H28N2O3/c1-20(2)16-5-4-13-21(14-12-16)19(23)11-10-18(22)15-6-8-17(24-3)9-7-15/h6-9,16H,4-5,10-14H2,1-3H3. The van der Waals surface area contributed by atoms with Crippen molar-refractivity contribution < 1.29 is 14.3 Å². The molecule has 0 aliphatic carbocycles. The molecule has 1 aliphatic heterocycles. The summed E-state index contributed by atoms with van der Waals surface area (Å²) in [5.41, 5.74) is 0.632. The van der Waals surface area contributed by atoms with Crippen LogP contribution in [0.4, 0.5) is 0 Å². The molecule has 0 radical (unpaired) electrons. The van der Waals surface area contributed by atoms with Crippen LogP contribution in [0.3, 0.4) is 0 Å². The smallest absolute Gasteiger partial charge is 0.223 e. The van der Waals surface area contributed by atoms with E-state index in [4.69, 9.17) is 4.74 Å². The number of likely N-dealkylation sites (tertiary alicyclic amines) is 1. The van der Waals surface area contributed by atoms with Gasteiger partial charge in [0.05, 0.1) is 7.11 Å². The van der Waals surface area contributed by atoms with Gasteiger partial charge >= 0.3 is 0 Å². The predicted octanol–water partition coefficient (Wildman–Crippen LogP) is 2.60. The molecular weight excluding hydrogens is 304 g/mol. The van der Waals surface area contributed by atoms with Gasteiger partial charge in [0.2, 0.25) is 5.91 Å². The number of hydrogen-bond acceptors (Lipinski definition) is 4. The van der Waals surface area contributed by atoms with E-state index in [0.717, 1.165) is 38.1 Å². The van der Waals surface area contributed by atoms with E-state index in [-0.39, 0.29) is 24.5 Å². The first-order valence-corrected chi connectivity index (χ1v) is 8.62. The quantitative estimate of drug-likeness (QED) is 0.752. The van der Waals surface area contributed by atoms with Crippen molar-refractivity contribution in [3.8, 4) is 5.75 Å². The minimum Gasteiger partial charge on any atom is -0.497 e. The number of ketones is 1. The molecule has 5 nitrogen and oxygen atoms in total. The maximum absolute atomic E-state index is 12.4. The van der Waals surface area contributed by atoms with Gasteiger partial charge in [-0.1, -0.05) is 0 Å². The van der Waals surface area contributed by atoms with Crippen LogP contribution in [0.15, 0.2) is 24.3 Å². The SMILES string of the molecule is COc1ccc(C(=O)CCC(=O)N2CCCC(N(C)C)CC2)cc1. The van der Waals surface area contributed by atoms with E-state index >= 15 is 0 Å². The van der Waals surface area contributed by atoms with Crippen LogP contribution >= 0.6 is 0 Å². The number of carbonyl (C=O) groups excluding carboxylic acids is 2. The third kappa shape index (κ3) is 5.06. The maximum Gasteiger partial charge on any atom is 0.223 e. The lowest BCUT2D eigenvalue weighted by Gasteiger charge is -2.23. The van der Waals surface area contributed by atoms with Gasteiger partial charge in [0.1, 0.15) is 5.75 Å². The third-order valence-electron chi connectivity index (χ3n) is 4.76. The average Bonchev–Trinajstić information content (AvgIpc) is 2.85. The van der Waals surface area contributed by atoms with Crippen molar-refractivity contribution in [3.05, 3.63) is 29.8 Å². The molecule has 2 rings (SSSR count). The summed E-state index contributed by atoms with van der Waals surface area (Å²) >= 11 is 0. The molecular formula is C19H28N2O3. The fraction of sp³-hybridized carbons (Fsp3) is 0.579. The highest BCUT2D eigenvalue weighted by atomic mass is 16.5. The number of amides is 1. The second kappa shape index (κ2) is 8.83. The fourth-order valence-corrected chi connectivity index (χ4v) is 3.14. The Bertz CT molecular complexity index is 554. The lowest BCUT2D eigenvalue weighted by molar-refractivity contribution is -0.131. The molecule has 0 bridgehead atoms. The van der Waals surface area contributed by atoms with Crippen LogP contribution in [0.1, 0.15) is 42.5 Å². The Morgan fingerprint density at radius 3 is 2.46 bits per heavy atom. The largest absolute Gasteiger partial charge is 0.497 e. The Kier molecular flexibility index (Phi) is 6.79. The van der Waals surface area contributed by atoms with Crippen LogP contribution in [0, 0.1) is 0 Å². The molecule has 1 heterocycles. The number of ether oxygens (including phenoxy) is 1. The van der Waals surface area contributed by atoms with Crippen LogP contribution in [0.5, 0.6) is 5.75 Å². The topological polar surface area (TPSA) is 49.9 Å². The van der Waals surface area contributed by atoms with Crippen LogP contribution < -0.4 is 4.74 Å². The number of carbonyl (C=O) groups is 2. The number of benzene rings is 1. The molecule has 0 spiro atoms. The first-order valence-electron chi connectivity index (χ1n) is 8.62. The van der Waals surface area contributed by atoms with Gasteiger partial charge in [-0.15, -0.1) is 0 Å². The summed E-state index contributed by atoms with van der Waals surface area (Å²) in [5, 5.41) is 0. The van der Waals surface area contributed by atoms with E-state index in [1.54, 1.807) is 31.4 Å². The summed E-state index contributed by atoms with van der Waals surface area (Å²) in [6, 6.07) is 7.58. The molecule has 1 aromatic rings. The van der Waals surface area contributed by atoms with Gasteiger partial charge in [0, 0.05) is 37.5 Å². The lowest BCUT2D eigenvalue weighted by Crippen LogP contribution is -2.33. The zero-order valence-corrected chi connectivity index (χ0v) is 15.0. The summed E-state index contributed by atoms with van der Waals surface area (Å²) in [5.74, 6) is 0.825. The summed E-state index contributed by atoms with van der Waals surface area (Å²) < 4.78 is 5.09. The highest BCUT2D eigenvalue weighted by Gasteiger charge is 2.22. The lowest BCUT2D eigenvalue weighted by atomic mass is 10.1. The number of hydrogen-bond donors (Lipinski definition) is 0. The summed E-state index contributed by atoms with van der Waals surface area (Å²) in [6.07, 6.45) is 3.71. The molecule has 1 unspecified atom stereocenters. The molecule has 1 saturated heterocycles. The first-order chi connectivity index (χ1) is 11.5. The van der Waals surface area contributed by atoms with Gasteiger partial charge < -0.3 is 14.5 Å². The van der Waals surface area contributed by atoms with E-state index in [1.165, 1.54) is 0 Å². The molecule has 1 fully saturated rings. The van der Waals surface area contributed by atoms with E-state index in [9.17, 15) is 9.59 Å². The van der Waals surface area contributed by atoms with Crippen LogP contribution in [0.2, 0.25) is 0 Å². The van der Waals surface area contributed by atoms with Crippen LogP contribution in [-0.4, -0.2) is 61.8 Å². The summed E-state index contributed by atoms with van der Waals surface area (Å²) in [4.78, 5) is 28.8. The van der Waals surface area contributed by atoms with Gasteiger partial charge in [-0.25, -0.2) is 0 Å². The zero-order valence-electron chi connectivity index (χ0n) is 15.0. The Hall–Kier alpha value is -1.88. The molecule has 0 aromatic heterocycles. The maximum atomic E-state index is 12.4. The molecule has 1 aliphatic rings. The van der Waals surface area contributed by atoms with E-state index in [2.05, 4.69) is 19.0 Å². The zero-order chi connectivity index (χ0) is 17.5. The van der Waals surface area contributed by atoms with Gasteiger partial charge in [-0.2, -0.15) is 0 Å². The Balaban J connectivity index is 1.82. The van der Waals surface area contributed by atoms with Gasteiger partial charge in [-0.05, 0) is 57.6 Å². The average molecular weight is 332 g/mol. The Morgan fingerprint density at radius 2 is 1.83 bits per heavy atom. The number of rotatable bonds is 6. The third-order valence-corrected chi connectivity index (χ3v) is 4.76. The molecule has 0 N–H and O–H groups in total. The minimum atomic E-state index is 0.00648. The van der Waals surface area contributed by atoms with Crippen molar-refractivity contribution in [1.29, 1.82) is 0 Å². The van der Waals surface area contributed by atoms with E-state index in [1.807, 2.05) is 4.90 Å². The van der Waals surface area contributed by atoms with Crippen molar-refractivity contribution in [3.63, 3.8) is 0 Å². The highest BCUT2D eigenvalue weighted by molar-refractivity contribution is 5.98. The summed E-state index contributed by atoms with van der Waals surface area (Å²) in [6.45, 7) is 1.60. The van der Waals surface area contributed by atoms with Gasteiger partial charge in [0.15, 0.2) is 5.78 Å². The molecule has 1 atom stereocenters. The number of nitrogens with zero attached hydrogens (tertiary/aromatic N) is 2. The molecule has 5 heteroatoms. The normalized spacial score (nSPS) is 18.3. The van der Waals surface area contributed by atoms with E-state index in [0.29, 0.717) is 11.6 Å². The van der Waals surface area contributed by atoms with Crippen molar-refractivity contribution in [2.24, 2.45) is 0 Å². The fourth-order valence-electron chi connectivity index (χ4n) is 3.14. The van der Waals surface area contributed by atoms with Crippen LogP contribution in [-0.2, 0) is 4.79 Å². The van der Waals surface area contributed by atoms with E-state index < -0.39 is 0 Å². The molecule has 132 valence electrons. The van der Waals surface area contributed by atoms with Crippen LogP contribution in [0.25, 0.3) is 0 Å². The molecule has 24 heavy (non-hydrogen) atoms. The van der Waals surface area contributed by atoms with Gasteiger partial charge in [-0.3, -0.25) is 9.59 Å². The van der Waals surface area contributed by atoms with Crippen molar-refractivity contribution in [2.75, 3.05) is 34.3 Å². The Labute approximate surface area is 144 Å². The van der Waals surface area contributed by atoms with Crippen molar-refractivity contribution >= 4 is 11.7 Å². The first kappa shape index (κ1) is 18.5. The second-order valence-corrected chi connectivity index (χ2v) is 6.58. The molecule has 0 saturated carbocycles. The summed E-state index contributed by atoms with van der Waals surface area (Å²) in [7, 11) is 5.78. The number of methoxy groups -OCH3 is 1. The Morgan fingerprint density at radius 1 is 1.12 bits per heavy atom.